The SMILES string of the molecule is C=CC(=O)OCCCCO[SiH](OCC)OCC. The number of esters is 1. The maximum atomic E-state index is 10.7. The molecule has 0 saturated carbocycles. The minimum Gasteiger partial charge on any atom is -0.463 e. The van der Waals surface area contributed by atoms with Gasteiger partial charge in [-0.1, -0.05) is 6.58 Å². The van der Waals surface area contributed by atoms with Crippen LogP contribution in [0.2, 0.25) is 0 Å². The average Bonchev–Trinajstić information content (AvgIpc) is 2.33. The van der Waals surface area contributed by atoms with Crippen molar-refractivity contribution < 1.29 is 22.8 Å². The van der Waals surface area contributed by atoms with Crippen molar-refractivity contribution in [2.24, 2.45) is 0 Å². The summed E-state index contributed by atoms with van der Waals surface area (Å²) in [6.07, 6.45) is 2.73. The summed E-state index contributed by atoms with van der Waals surface area (Å²) < 4.78 is 21.0. The molecule has 0 amide bonds. The van der Waals surface area contributed by atoms with Crippen molar-refractivity contribution in [3.8, 4) is 0 Å². The van der Waals surface area contributed by atoms with Gasteiger partial charge in [-0.3, -0.25) is 0 Å². The van der Waals surface area contributed by atoms with E-state index in [0.29, 0.717) is 26.4 Å². The Bertz CT molecular complexity index is 204. The summed E-state index contributed by atoms with van der Waals surface area (Å²) in [6.45, 7) is 9.32. The molecule has 0 aliphatic heterocycles. The highest BCUT2D eigenvalue weighted by Crippen LogP contribution is 1.97. The van der Waals surface area contributed by atoms with E-state index in [4.69, 9.17) is 18.0 Å². The molecule has 100 valence electrons. The minimum absolute atomic E-state index is 0.387. The Hall–Kier alpha value is -0.693. The van der Waals surface area contributed by atoms with Crippen molar-refractivity contribution in [1.82, 2.24) is 0 Å². The highest BCUT2D eigenvalue weighted by atomic mass is 28.3. The van der Waals surface area contributed by atoms with Gasteiger partial charge in [0.15, 0.2) is 0 Å². The predicted molar refractivity (Wildman–Crippen MR) is 66.7 cm³/mol. The van der Waals surface area contributed by atoms with Gasteiger partial charge in [0.1, 0.15) is 0 Å². The topological polar surface area (TPSA) is 54.0 Å². The first-order valence-electron chi connectivity index (χ1n) is 5.88. The third-order valence-electron chi connectivity index (χ3n) is 1.81. The van der Waals surface area contributed by atoms with E-state index in [1.807, 2.05) is 13.8 Å². The molecule has 0 atom stereocenters. The maximum absolute atomic E-state index is 10.7. The lowest BCUT2D eigenvalue weighted by atomic mass is 10.3. The zero-order chi connectivity index (χ0) is 12.9. The van der Waals surface area contributed by atoms with Crippen molar-refractivity contribution in [1.29, 1.82) is 0 Å². The van der Waals surface area contributed by atoms with Crippen LogP contribution in [-0.2, 0) is 22.8 Å². The largest absolute Gasteiger partial charge is 0.484 e. The van der Waals surface area contributed by atoms with Gasteiger partial charge < -0.3 is 18.0 Å². The van der Waals surface area contributed by atoms with Crippen LogP contribution in [0.4, 0.5) is 0 Å². The Morgan fingerprint density at radius 2 is 1.71 bits per heavy atom. The highest BCUT2D eigenvalue weighted by molar-refractivity contribution is 6.36. The number of unbranched alkanes of at least 4 members (excludes halogenated alkanes) is 1. The summed E-state index contributed by atoms with van der Waals surface area (Å²) >= 11 is 0. The van der Waals surface area contributed by atoms with Gasteiger partial charge in [0, 0.05) is 25.9 Å². The van der Waals surface area contributed by atoms with E-state index in [1.165, 1.54) is 0 Å². The van der Waals surface area contributed by atoms with E-state index >= 15 is 0 Å². The summed E-state index contributed by atoms with van der Waals surface area (Å²) in [6, 6.07) is 0. The van der Waals surface area contributed by atoms with Gasteiger partial charge in [-0.25, -0.2) is 4.79 Å². The lowest BCUT2D eigenvalue weighted by Crippen LogP contribution is -2.27. The van der Waals surface area contributed by atoms with Crippen LogP contribution in [0.5, 0.6) is 0 Å². The summed E-state index contributed by atoms with van der Waals surface area (Å²) in [5, 5.41) is 0. The number of hydrogen-bond acceptors (Lipinski definition) is 5. The van der Waals surface area contributed by atoms with Gasteiger partial charge >= 0.3 is 15.5 Å². The Morgan fingerprint density at radius 1 is 1.12 bits per heavy atom. The molecule has 0 aliphatic carbocycles. The second-order valence-electron chi connectivity index (χ2n) is 3.15. The average molecular weight is 262 g/mol. The van der Waals surface area contributed by atoms with Crippen LogP contribution < -0.4 is 0 Å². The molecule has 6 heteroatoms. The van der Waals surface area contributed by atoms with E-state index in [2.05, 4.69) is 6.58 Å². The first-order valence-corrected chi connectivity index (χ1v) is 7.30. The lowest BCUT2D eigenvalue weighted by Gasteiger charge is -2.14. The Morgan fingerprint density at radius 3 is 2.24 bits per heavy atom. The molecule has 0 heterocycles. The predicted octanol–water partition coefficient (Wildman–Crippen LogP) is 1.30. The molecule has 0 spiro atoms. The Balaban J connectivity index is 3.41. The van der Waals surface area contributed by atoms with Gasteiger partial charge in [0.2, 0.25) is 0 Å². The summed E-state index contributed by atoms with van der Waals surface area (Å²) in [4.78, 5) is 10.7. The van der Waals surface area contributed by atoms with Gasteiger partial charge in [0.25, 0.3) is 0 Å². The molecule has 0 aromatic rings. The molecular formula is C11H22O5Si. The molecule has 0 aromatic carbocycles. The van der Waals surface area contributed by atoms with Crippen LogP contribution in [0.25, 0.3) is 0 Å². The number of carbonyl (C=O) groups excluding carboxylic acids is 1. The second-order valence-corrected chi connectivity index (χ2v) is 4.73. The number of carbonyl (C=O) groups is 1. The van der Waals surface area contributed by atoms with Crippen LogP contribution in [-0.4, -0.2) is 41.9 Å². The zero-order valence-electron chi connectivity index (χ0n) is 10.6. The number of ether oxygens (including phenoxy) is 1. The second kappa shape index (κ2) is 11.8. The van der Waals surface area contributed by atoms with Crippen LogP contribution in [0, 0.1) is 0 Å². The van der Waals surface area contributed by atoms with Crippen molar-refractivity contribution in [3.05, 3.63) is 12.7 Å². The fourth-order valence-corrected chi connectivity index (χ4v) is 2.22. The fourth-order valence-electron chi connectivity index (χ4n) is 1.03. The molecule has 0 saturated heterocycles. The van der Waals surface area contributed by atoms with E-state index in [0.717, 1.165) is 18.9 Å². The third kappa shape index (κ3) is 10.2. The molecule has 0 radical (unpaired) electrons. The Kier molecular flexibility index (Phi) is 11.3. The molecule has 0 fully saturated rings. The summed E-state index contributed by atoms with van der Waals surface area (Å²) in [7, 11) is -1.94. The Labute approximate surface area is 105 Å². The molecule has 0 rings (SSSR count). The summed E-state index contributed by atoms with van der Waals surface area (Å²) in [5.41, 5.74) is 0. The standard InChI is InChI=1S/C11H22O5Si/c1-4-11(12)13-9-7-8-10-16-17(14-5-2)15-6-3/h4,17H,1,5-10H2,2-3H3. The zero-order valence-corrected chi connectivity index (χ0v) is 11.8. The third-order valence-corrected chi connectivity index (χ3v) is 3.53. The summed E-state index contributed by atoms with van der Waals surface area (Å²) in [5.74, 6) is -0.387. The molecule has 0 bridgehead atoms. The van der Waals surface area contributed by atoms with E-state index in [9.17, 15) is 4.79 Å². The smallest absolute Gasteiger partial charge is 0.463 e. The van der Waals surface area contributed by atoms with Crippen LogP contribution in [0.3, 0.4) is 0 Å². The van der Waals surface area contributed by atoms with Crippen molar-refractivity contribution in [2.75, 3.05) is 26.4 Å². The van der Waals surface area contributed by atoms with Crippen LogP contribution in [0.15, 0.2) is 12.7 Å². The van der Waals surface area contributed by atoms with Crippen LogP contribution in [0.1, 0.15) is 26.7 Å². The number of hydrogen-bond donors (Lipinski definition) is 0. The van der Waals surface area contributed by atoms with E-state index in [-0.39, 0.29) is 5.97 Å². The molecule has 5 nitrogen and oxygen atoms in total. The highest BCUT2D eigenvalue weighted by Gasteiger charge is 2.12. The maximum Gasteiger partial charge on any atom is 0.484 e. The van der Waals surface area contributed by atoms with E-state index in [1.54, 1.807) is 0 Å². The van der Waals surface area contributed by atoms with Crippen molar-refractivity contribution in [2.45, 2.75) is 26.7 Å². The molecule has 0 unspecified atom stereocenters. The molecular weight excluding hydrogens is 240 g/mol. The molecule has 0 aliphatic rings. The van der Waals surface area contributed by atoms with Gasteiger partial charge in [0.05, 0.1) is 6.61 Å². The monoisotopic (exact) mass is 262 g/mol. The first-order chi connectivity index (χ1) is 8.24. The van der Waals surface area contributed by atoms with Crippen molar-refractivity contribution in [3.63, 3.8) is 0 Å². The molecule has 17 heavy (non-hydrogen) atoms. The molecule has 0 aromatic heterocycles. The van der Waals surface area contributed by atoms with Gasteiger partial charge in [-0.05, 0) is 26.7 Å². The molecule has 0 N–H and O–H groups in total. The van der Waals surface area contributed by atoms with Gasteiger partial charge in [-0.15, -0.1) is 0 Å². The number of rotatable bonds is 11. The van der Waals surface area contributed by atoms with E-state index < -0.39 is 9.53 Å². The lowest BCUT2D eigenvalue weighted by molar-refractivity contribution is -0.137. The van der Waals surface area contributed by atoms with Crippen molar-refractivity contribution >= 4 is 15.5 Å². The quantitative estimate of drug-likeness (QED) is 0.243. The van der Waals surface area contributed by atoms with Crippen LogP contribution >= 0.6 is 0 Å². The normalized spacial score (nSPS) is 10.5. The van der Waals surface area contributed by atoms with Gasteiger partial charge in [-0.2, -0.15) is 0 Å². The minimum atomic E-state index is -1.94. The fraction of sp³-hybridized carbons (Fsp3) is 0.727. The first kappa shape index (κ1) is 16.3.